The zero-order chi connectivity index (χ0) is 18.2. The van der Waals surface area contributed by atoms with E-state index in [-0.39, 0.29) is 24.5 Å². The number of nitrogens with one attached hydrogen (secondary N) is 1. The second-order valence-electron chi connectivity index (χ2n) is 6.83. The first kappa shape index (κ1) is 18.3. The van der Waals surface area contributed by atoms with E-state index in [9.17, 15) is 9.59 Å². The minimum Gasteiger partial charge on any atom is -0.326 e. The van der Waals surface area contributed by atoms with Crippen LogP contribution in [0.4, 0.5) is 5.69 Å². The smallest absolute Gasteiger partial charge is 0.224 e. The Kier molecular flexibility index (Phi) is 6.56. The fourth-order valence-corrected chi connectivity index (χ4v) is 3.35. The van der Waals surface area contributed by atoms with Crippen LogP contribution in [0.2, 0.25) is 0 Å². The summed E-state index contributed by atoms with van der Waals surface area (Å²) < 4.78 is 0. The van der Waals surface area contributed by atoms with Gasteiger partial charge in [0.2, 0.25) is 5.91 Å². The molecule has 3 rings (SSSR count). The second-order valence-corrected chi connectivity index (χ2v) is 6.83. The lowest BCUT2D eigenvalue weighted by Crippen LogP contribution is -2.29. The van der Waals surface area contributed by atoms with Gasteiger partial charge in [-0.25, -0.2) is 0 Å². The first-order chi connectivity index (χ1) is 12.7. The molecule has 1 aliphatic rings. The van der Waals surface area contributed by atoms with Crippen molar-refractivity contribution in [2.24, 2.45) is 0 Å². The Morgan fingerprint density at radius 2 is 1.54 bits per heavy atom. The van der Waals surface area contributed by atoms with Crippen LogP contribution in [0.5, 0.6) is 0 Å². The van der Waals surface area contributed by atoms with Crippen molar-refractivity contribution in [1.29, 1.82) is 0 Å². The van der Waals surface area contributed by atoms with Crippen LogP contribution in [0.3, 0.4) is 0 Å². The second kappa shape index (κ2) is 9.30. The molecule has 1 amide bonds. The van der Waals surface area contributed by atoms with Crippen molar-refractivity contribution in [3.63, 3.8) is 0 Å². The quantitative estimate of drug-likeness (QED) is 0.759. The van der Waals surface area contributed by atoms with Crippen LogP contribution in [0.1, 0.15) is 48.0 Å². The van der Waals surface area contributed by atoms with Crippen LogP contribution >= 0.6 is 0 Å². The number of hydrogen-bond acceptors (Lipinski definition) is 3. The van der Waals surface area contributed by atoms with Crippen molar-refractivity contribution >= 4 is 17.4 Å². The van der Waals surface area contributed by atoms with Gasteiger partial charge in [-0.2, -0.15) is 0 Å². The number of nitrogens with zero attached hydrogens (tertiary/aromatic N) is 1. The van der Waals surface area contributed by atoms with Crippen molar-refractivity contribution in [3.8, 4) is 0 Å². The predicted molar refractivity (Wildman–Crippen MR) is 104 cm³/mol. The Labute approximate surface area is 155 Å². The van der Waals surface area contributed by atoms with E-state index in [0.717, 1.165) is 30.9 Å². The molecule has 4 nitrogen and oxygen atoms in total. The largest absolute Gasteiger partial charge is 0.326 e. The Morgan fingerprint density at radius 1 is 0.846 bits per heavy atom. The van der Waals surface area contributed by atoms with Gasteiger partial charge >= 0.3 is 0 Å². The number of para-hydroxylation sites is 1. The SMILES string of the molecule is O=C(CCC(=O)c1ccccc1)Nc1ccccc1CN1CCCCC1. The highest BCUT2D eigenvalue weighted by atomic mass is 16.2. The number of rotatable bonds is 7. The molecule has 1 aliphatic heterocycles. The normalized spacial score (nSPS) is 14.8. The Bertz CT molecular complexity index is 737. The maximum absolute atomic E-state index is 12.3. The summed E-state index contributed by atoms with van der Waals surface area (Å²) in [5.41, 5.74) is 2.65. The van der Waals surface area contributed by atoms with Gasteiger partial charge in [0.15, 0.2) is 5.78 Å². The van der Waals surface area contributed by atoms with E-state index in [1.165, 1.54) is 19.3 Å². The molecule has 1 heterocycles. The van der Waals surface area contributed by atoms with Crippen LogP contribution in [0, 0.1) is 0 Å². The van der Waals surface area contributed by atoms with Crippen LogP contribution < -0.4 is 5.32 Å². The number of piperidine rings is 1. The van der Waals surface area contributed by atoms with Gasteiger partial charge in [-0.3, -0.25) is 14.5 Å². The van der Waals surface area contributed by atoms with Crippen LogP contribution in [-0.4, -0.2) is 29.7 Å². The summed E-state index contributed by atoms with van der Waals surface area (Å²) in [5.74, 6) is -0.109. The summed E-state index contributed by atoms with van der Waals surface area (Å²) in [7, 11) is 0. The lowest BCUT2D eigenvalue weighted by molar-refractivity contribution is -0.116. The third kappa shape index (κ3) is 5.27. The third-order valence-corrected chi connectivity index (χ3v) is 4.81. The molecule has 2 aromatic rings. The summed E-state index contributed by atoms with van der Waals surface area (Å²) in [6, 6.07) is 17.1. The van der Waals surface area contributed by atoms with E-state index >= 15 is 0 Å². The number of Topliss-reactive ketones (excluding diaryl/α,β-unsaturated/α-hetero) is 1. The summed E-state index contributed by atoms with van der Waals surface area (Å²) >= 11 is 0. The van der Waals surface area contributed by atoms with E-state index in [0.29, 0.717) is 5.56 Å². The molecular weight excluding hydrogens is 324 g/mol. The molecule has 1 saturated heterocycles. The van der Waals surface area contributed by atoms with Gasteiger partial charge in [0, 0.05) is 30.6 Å². The first-order valence-electron chi connectivity index (χ1n) is 9.41. The van der Waals surface area contributed by atoms with Gasteiger partial charge in [-0.05, 0) is 37.6 Å². The number of ketones is 1. The average molecular weight is 350 g/mol. The van der Waals surface area contributed by atoms with Crippen molar-refractivity contribution in [2.45, 2.75) is 38.6 Å². The molecule has 0 bridgehead atoms. The van der Waals surface area contributed by atoms with E-state index in [1.54, 1.807) is 12.1 Å². The molecule has 2 aromatic carbocycles. The Hall–Kier alpha value is -2.46. The molecule has 0 spiro atoms. The van der Waals surface area contributed by atoms with Gasteiger partial charge in [0.25, 0.3) is 0 Å². The topological polar surface area (TPSA) is 49.4 Å². The number of amides is 1. The highest BCUT2D eigenvalue weighted by Gasteiger charge is 2.14. The fraction of sp³-hybridized carbons (Fsp3) is 0.364. The summed E-state index contributed by atoms with van der Waals surface area (Å²) in [5, 5.41) is 2.99. The molecule has 4 heteroatoms. The third-order valence-electron chi connectivity index (χ3n) is 4.81. The molecule has 0 atom stereocenters. The van der Waals surface area contributed by atoms with Crippen molar-refractivity contribution in [1.82, 2.24) is 4.90 Å². The Balaban J connectivity index is 1.54. The molecule has 136 valence electrons. The maximum Gasteiger partial charge on any atom is 0.224 e. The molecule has 26 heavy (non-hydrogen) atoms. The van der Waals surface area contributed by atoms with Crippen LogP contribution in [-0.2, 0) is 11.3 Å². The number of carbonyl (C=O) groups is 2. The average Bonchev–Trinajstić information content (AvgIpc) is 2.69. The van der Waals surface area contributed by atoms with Crippen molar-refractivity contribution in [2.75, 3.05) is 18.4 Å². The summed E-state index contributed by atoms with van der Waals surface area (Å²) in [6.07, 6.45) is 4.23. The molecule has 1 N–H and O–H groups in total. The fourth-order valence-electron chi connectivity index (χ4n) is 3.35. The van der Waals surface area contributed by atoms with Crippen molar-refractivity contribution < 1.29 is 9.59 Å². The van der Waals surface area contributed by atoms with Crippen LogP contribution in [0.25, 0.3) is 0 Å². The molecule has 0 radical (unpaired) electrons. The van der Waals surface area contributed by atoms with E-state index in [2.05, 4.69) is 16.3 Å². The number of benzene rings is 2. The summed E-state index contributed by atoms with van der Waals surface area (Å²) in [6.45, 7) is 3.10. The predicted octanol–water partition coefficient (Wildman–Crippen LogP) is 4.27. The van der Waals surface area contributed by atoms with E-state index in [1.807, 2.05) is 36.4 Å². The first-order valence-corrected chi connectivity index (χ1v) is 9.41. The van der Waals surface area contributed by atoms with Gasteiger partial charge in [0.1, 0.15) is 0 Å². The number of likely N-dealkylation sites (tertiary alicyclic amines) is 1. The van der Waals surface area contributed by atoms with E-state index in [4.69, 9.17) is 0 Å². The number of hydrogen-bond donors (Lipinski definition) is 1. The minimum atomic E-state index is -0.111. The lowest BCUT2D eigenvalue weighted by Gasteiger charge is -2.27. The molecule has 1 fully saturated rings. The molecule has 0 aliphatic carbocycles. The molecule has 0 aromatic heterocycles. The van der Waals surface area contributed by atoms with Gasteiger partial charge in [-0.1, -0.05) is 55.0 Å². The van der Waals surface area contributed by atoms with Crippen LogP contribution in [0.15, 0.2) is 54.6 Å². The molecular formula is C22H26N2O2. The highest BCUT2D eigenvalue weighted by Crippen LogP contribution is 2.20. The zero-order valence-corrected chi connectivity index (χ0v) is 15.1. The van der Waals surface area contributed by atoms with Gasteiger partial charge < -0.3 is 5.32 Å². The zero-order valence-electron chi connectivity index (χ0n) is 15.1. The molecule has 0 unspecified atom stereocenters. The van der Waals surface area contributed by atoms with E-state index < -0.39 is 0 Å². The lowest BCUT2D eigenvalue weighted by atomic mass is 10.1. The highest BCUT2D eigenvalue weighted by molar-refractivity contribution is 6.00. The monoisotopic (exact) mass is 350 g/mol. The molecule has 0 saturated carbocycles. The number of carbonyl (C=O) groups excluding carboxylic acids is 2. The Morgan fingerprint density at radius 3 is 2.31 bits per heavy atom. The summed E-state index contributed by atoms with van der Waals surface area (Å²) in [4.78, 5) is 26.9. The maximum atomic E-state index is 12.3. The van der Waals surface area contributed by atoms with Gasteiger partial charge in [0.05, 0.1) is 0 Å². The standard InChI is InChI=1S/C22H26N2O2/c25-21(18-9-3-1-4-10-18)13-14-22(26)23-20-12-6-5-11-19(20)17-24-15-7-2-8-16-24/h1,3-6,9-12H,2,7-8,13-17H2,(H,23,26). The minimum absolute atomic E-state index is 0.00218. The van der Waals surface area contributed by atoms with Crippen molar-refractivity contribution in [3.05, 3.63) is 65.7 Å². The number of anilines is 1. The van der Waals surface area contributed by atoms with Gasteiger partial charge in [-0.15, -0.1) is 0 Å².